The van der Waals surface area contributed by atoms with Crippen molar-refractivity contribution in [3.05, 3.63) is 12.7 Å². The van der Waals surface area contributed by atoms with Gasteiger partial charge in [-0.05, 0) is 25.7 Å². The Labute approximate surface area is 125 Å². The van der Waals surface area contributed by atoms with Gasteiger partial charge < -0.3 is 14.7 Å². The van der Waals surface area contributed by atoms with E-state index in [0.717, 1.165) is 58.5 Å². The molecule has 0 aromatic heterocycles. The van der Waals surface area contributed by atoms with Crippen molar-refractivity contribution in [2.45, 2.75) is 45.4 Å². The first kappa shape index (κ1) is 19.1. The van der Waals surface area contributed by atoms with Crippen LogP contribution >= 0.6 is 0 Å². The molecule has 0 atom stereocenters. The van der Waals surface area contributed by atoms with Gasteiger partial charge in [0.15, 0.2) is 0 Å². The third-order valence-electron chi connectivity index (χ3n) is 2.90. The number of carbonyl (C=O) groups excluding carboxylic acids is 2. The fourth-order valence-corrected chi connectivity index (χ4v) is 1.93. The van der Waals surface area contributed by atoms with Gasteiger partial charge >= 0.3 is 5.97 Å². The number of carboxylic acids is 1. The van der Waals surface area contributed by atoms with Crippen LogP contribution in [0.3, 0.4) is 0 Å². The van der Waals surface area contributed by atoms with Crippen LogP contribution in [0.1, 0.15) is 45.4 Å². The van der Waals surface area contributed by atoms with Gasteiger partial charge in [0.1, 0.15) is 0 Å². The number of hydrogen-bond donors (Lipinski definition) is 1. The average Bonchev–Trinajstić information content (AvgIpc) is 2.82. The van der Waals surface area contributed by atoms with Crippen LogP contribution in [0.5, 0.6) is 0 Å². The molecule has 0 aromatic rings. The van der Waals surface area contributed by atoms with Crippen LogP contribution in [0, 0.1) is 0 Å². The summed E-state index contributed by atoms with van der Waals surface area (Å²) in [5, 5.41) is 7.42. The molecule has 1 aliphatic rings. The van der Waals surface area contributed by atoms with Gasteiger partial charge in [-0.3, -0.25) is 9.59 Å². The fourth-order valence-electron chi connectivity index (χ4n) is 1.93. The molecule has 6 nitrogen and oxygen atoms in total. The second-order valence-electron chi connectivity index (χ2n) is 4.79. The first-order valence-electron chi connectivity index (χ1n) is 7.24. The van der Waals surface area contributed by atoms with Crippen molar-refractivity contribution in [2.75, 3.05) is 19.7 Å². The summed E-state index contributed by atoms with van der Waals surface area (Å²) < 4.78 is 4.87. The monoisotopic (exact) mass is 299 g/mol. The van der Waals surface area contributed by atoms with Crippen molar-refractivity contribution >= 4 is 17.8 Å². The Morgan fingerprint density at radius 2 is 1.95 bits per heavy atom. The lowest BCUT2D eigenvalue weighted by atomic mass is 10.2. The Balaban J connectivity index is 0.000000885. The van der Waals surface area contributed by atoms with E-state index in [1.54, 1.807) is 0 Å². The number of carbonyl (C=O) groups is 3. The van der Waals surface area contributed by atoms with E-state index in [9.17, 15) is 9.59 Å². The molecule has 6 heteroatoms. The smallest absolute Gasteiger partial charge is 0.330 e. The van der Waals surface area contributed by atoms with Crippen molar-refractivity contribution in [3.63, 3.8) is 0 Å². The summed E-state index contributed by atoms with van der Waals surface area (Å²) in [4.78, 5) is 33.0. The van der Waals surface area contributed by atoms with Crippen LogP contribution in [-0.4, -0.2) is 47.5 Å². The molecule has 120 valence electrons. The van der Waals surface area contributed by atoms with Crippen molar-refractivity contribution in [1.29, 1.82) is 0 Å². The van der Waals surface area contributed by atoms with Gasteiger partial charge in [-0.25, -0.2) is 4.79 Å². The van der Waals surface area contributed by atoms with Gasteiger partial charge in [0, 0.05) is 32.5 Å². The predicted molar refractivity (Wildman–Crippen MR) is 78.7 cm³/mol. The van der Waals surface area contributed by atoms with Gasteiger partial charge in [0.25, 0.3) is 5.97 Å². The normalized spacial score (nSPS) is 13.4. The number of aliphatic carboxylic acids is 1. The number of amides is 1. The highest BCUT2D eigenvalue weighted by Crippen LogP contribution is 2.11. The number of rotatable bonds is 8. The molecule has 1 saturated heterocycles. The summed E-state index contributed by atoms with van der Waals surface area (Å²) in [6, 6.07) is 0. The van der Waals surface area contributed by atoms with E-state index < -0.39 is 5.97 Å². The molecule has 1 heterocycles. The molecule has 1 rings (SSSR count). The minimum absolute atomic E-state index is 0.296. The van der Waals surface area contributed by atoms with E-state index >= 15 is 0 Å². The van der Waals surface area contributed by atoms with Gasteiger partial charge in [-0.15, -0.1) is 0 Å². The maximum Gasteiger partial charge on any atom is 0.330 e. The maximum atomic E-state index is 11.3. The molecule has 0 aliphatic carbocycles. The predicted octanol–water partition coefficient (Wildman–Crippen LogP) is 1.99. The van der Waals surface area contributed by atoms with Gasteiger partial charge in [-0.2, -0.15) is 0 Å². The Morgan fingerprint density at radius 3 is 2.48 bits per heavy atom. The summed E-state index contributed by atoms with van der Waals surface area (Å²) in [6.45, 7) is 6.68. The number of hydrogen-bond acceptors (Lipinski definition) is 4. The standard InChI is InChI=1S/C13H21NO3.C2H4O2/c1-2-13(16)17-11-6-4-3-5-9-14-10-7-8-12(14)15;1-2(3)4/h2H,1,3-11H2;1H3,(H,3,4). The molecule has 0 aromatic carbocycles. The van der Waals surface area contributed by atoms with Crippen LogP contribution in [-0.2, 0) is 19.1 Å². The van der Waals surface area contributed by atoms with Gasteiger partial charge in [0.05, 0.1) is 6.61 Å². The van der Waals surface area contributed by atoms with Gasteiger partial charge in [-0.1, -0.05) is 13.0 Å². The molecular weight excluding hydrogens is 274 g/mol. The van der Waals surface area contributed by atoms with Gasteiger partial charge in [0.2, 0.25) is 5.91 Å². The fraction of sp³-hybridized carbons (Fsp3) is 0.667. The van der Waals surface area contributed by atoms with Crippen LogP contribution in [0.2, 0.25) is 0 Å². The lowest BCUT2D eigenvalue weighted by Crippen LogP contribution is -2.25. The molecule has 0 spiro atoms. The molecule has 1 amide bonds. The molecule has 21 heavy (non-hydrogen) atoms. The van der Waals surface area contributed by atoms with Crippen LogP contribution in [0.4, 0.5) is 0 Å². The quantitative estimate of drug-likeness (QED) is 0.421. The largest absolute Gasteiger partial charge is 0.481 e. The lowest BCUT2D eigenvalue weighted by Gasteiger charge is -2.14. The lowest BCUT2D eigenvalue weighted by molar-refractivity contribution is -0.138. The Bertz CT molecular complexity index is 350. The zero-order valence-electron chi connectivity index (χ0n) is 12.7. The second kappa shape index (κ2) is 11.9. The van der Waals surface area contributed by atoms with E-state index in [-0.39, 0.29) is 5.97 Å². The number of nitrogens with zero attached hydrogens (tertiary/aromatic N) is 1. The summed E-state index contributed by atoms with van der Waals surface area (Å²) >= 11 is 0. The van der Waals surface area contributed by atoms with Crippen LogP contribution in [0.15, 0.2) is 12.7 Å². The van der Waals surface area contributed by atoms with Crippen molar-refractivity contribution in [3.8, 4) is 0 Å². The zero-order valence-corrected chi connectivity index (χ0v) is 12.7. The Kier molecular flexibility index (Phi) is 10.9. The summed E-state index contributed by atoms with van der Waals surface area (Å²) in [7, 11) is 0. The molecule has 0 saturated carbocycles. The van der Waals surface area contributed by atoms with Crippen molar-refractivity contribution in [1.82, 2.24) is 4.90 Å². The number of carboxylic acid groups (broad SMARTS) is 1. The minimum Gasteiger partial charge on any atom is -0.481 e. The van der Waals surface area contributed by atoms with E-state index in [0.29, 0.717) is 12.5 Å². The van der Waals surface area contributed by atoms with Crippen LogP contribution < -0.4 is 0 Å². The molecule has 1 fully saturated rings. The summed E-state index contributed by atoms with van der Waals surface area (Å²) in [5.74, 6) is -0.891. The summed E-state index contributed by atoms with van der Waals surface area (Å²) in [6.07, 6.45) is 6.95. The van der Waals surface area contributed by atoms with Crippen molar-refractivity contribution in [2.24, 2.45) is 0 Å². The highest BCUT2D eigenvalue weighted by atomic mass is 16.5. The number of ether oxygens (including phenoxy) is 1. The number of unbranched alkanes of at least 4 members (excludes halogenated alkanes) is 3. The summed E-state index contributed by atoms with van der Waals surface area (Å²) in [5.41, 5.74) is 0. The highest BCUT2D eigenvalue weighted by molar-refractivity contribution is 5.81. The molecule has 1 aliphatic heterocycles. The van der Waals surface area contributed by atoms with E-state index in [2.05, 4.69) is 6.58 Å². The van der Waals surface area contributed by atoms with Crippen LogP contribution in [0.25, 0.3) is 0 Å². The highest BCUT2D eigenvalue weighted by Gasteiger charge is 2.18. The third-order valence-corrected chi connectivity index (χ3v) is 2.90. The second-order valence-corrected chi connectivity index (χ2v) is 4.79. The Morgan fingerprint density at radius 1 is 1.33 bits per heavy atom. The Hall–Kier alpha value is -1.85. The molecule has 0 radical (unpaired) electrons. The minimum atomic E-state index is -0.833. The molecule has 0 bridgehead atoms. The van der Waals surface area contributed by atoms with E-state index in [1.807, 2.05) is 4.90 Å². The number of likely N-dealkylation sites (tertiary alicyclic amines) is 1. The maximum absolute atomic E-state index is 11.3. The first-order valence-corrected chi connectivity index (χ1v) is 7.24. The third kappa shape index (κ3) is 11.7. The molecule has 0 unspecified atom stereocenters. The SMILES string of the molecule is C=CC(=O)OCCCCCCN1CCCC1=O.CC(=O)O. The number of esters is 1. The van der Waals surface area contributed by atoms with Crippen molar-refractivity contribution < 1.29 is 24.2 Å². The molecular formula is C15H25NO5. The first-order chi connectivity index (χ1) is 9.97. The van der Waals surface area contributed by atoms with E-state index in [4.69, 9.17) is 14.6 Å². The average molecular weight is 299 g/mol. The topological polar surface area (TPSA) is 83.9 Å². The zero-order chi connectivity index (χ0) is 16.1. The van der Waals surface area contributed by atoms with E-state index in [1.165, 1.54) is 6.08 Å². The molecule has 1 N–H and O–H groups in total.